The van der Waals surface area contributed by atoms with Crippen LogP contribution >= 0.6 is 0 Å². The Morgan fingerprint density at radius 3 is 1.21 bits per heavy atom. The number of rotatable bonds is 10. The Morgan fingerprint density at radius 1 is 0.447 bits per heavy atom. The third-order valence-electron chi connectivity index (χ3n) is 8.38. The lowest BCUT2D eigenvalue weighted by atomic mass is 9.67. The molecule has 1 aliphatic carbocycles. The van der Waals surface area contributed by atoms with E-state index in [0.29, 0.717) is 22.9 Å². The summed E-state index contributed by atoms with van der Waals surface area (Å²) < 4.78 is 11.2. The molecule has 6 heteroatoms. The molecule has 1 aliphatic rings. The summed E-state index contributed by atoms with van der Waals surface area (Å²) in [7, 11) is 0. The minimum absolute atomic E-state index is 0.0856. The van der Waals surface area contributed by atoms with E-state index >= 15 is 0 Å². The second-order valence-corrected chi connectivity index (χ2v) is 11.3. The molecule has 7 rings (SSSR count). The zero-order valence-electron chi connectivity index (χ0n) is 25.6. The summed E-state index contributed by atoms with van der Waals surface area (Å²) in [5.41, 5.74) is 7.54. The molecule has 0 fully saturated rings. The monoisotopic (exact) mass is 616 g/mol. The molecule has 6 nitrogen and oxygen atoms in total. The Morgan fingerprint density at radius 2 is 0.809 bits per heavy atom. The lowest BCUT2D eigenvalue weighted by Gasteiger charge is -2.34. The van der Waals surface area contributed by atoms with Crippen molar-refractivity contribution in [2.24, 2.45) is 0 Å². The predicted molar refractivity (Wildman–Crippen MR) is 185 cm³/mol. The van der Waals surface area contributed by atoms with Gasteiger partial charge < -0.3 is 20.1 Å². The average Bonchev–Trinajstić information content (AvgIpc) is 3.43. The maximum absolute atomic E-state index is 12.7. The van der Waals surface area contributed by atoms with Crippen LogP contribution in [0.2, 0.25) is 0 Å². The van der Waals surface area contributed by atoms with Crippen LogP contribution in [0.3, 0.4) is 0 Å². The summed E-state index contributed by atoms with van der Waals surface area (Å²) in [4.78, 5) is 25.4. The quantitative estimate of drug-likeness (QED) is 0.163. The number of fused-ring (bicyclic) bond motifs is 3. The third kappa shape index (κ3) is 5.97. The Hall–Kier alpha value is -6.14. The molecule has 0 radical (unpaired) electrons. The van der Waals surface area contributed by atoms with Crippen LogP contribution in [0, 0.1) is 0 Å². The van der Waals surface area contributed by atoms with Gasteiger partial charge in [-0.25, -0.2) is 0 Å². The second-order valence-electron chi connectivity index (χ2n) is 11.3. The molecular weight excluding hydrogens is 584 g/mol. The number of hydrogen-bond acceptors (Lipinski definition) is 4. The topological polar surface area (TPSA) is 76.7 Å². The number of benzene rings is 6. The van der Waals surface area contributed by atoms with Crippen LogP contribution < -0.4 is 20.1 Å². The number of ether oxygens (including phenoxy) is 2. The molecule has 47 heavy (non-hydrogen) atoms. The van der Waals surface area contributed by atoms with Gasteiger partial charge in [0.1, 0.15) is 11.5 Å². The second kappa shape index (κ2) is 13.1. The SMILES string of the molecule is O=C(COc1ccccc1)Nc1ccc(C2(c3ccc(NC(=O)COc4ccccc4)cc3)c3ccccc3-c3ccccc32)cc1. The van der Waals surface area contributed by atoms with Crippen molar-refractivity contribution in [2.45, 2.75) is 5.41 Å². The van der Waals surface area contributed by atoms with E-state index < -0.39 is 5.41 Å². The summed E-state index contributed by atoms with van der Waals surface area (Å²) in [6.45, 7) is -0.171. The van der Waals surface area contributed by atoms with Crippen LogP contribution in [0.1, 0.15) is 22.3 Å². The number of para-hydroxylation sites is 2. The van der Waals surface area contributed by atoms with Gasteiger partial charge in [-0.15, -0.1) is 0 Å². The van der Waals surface area contributed by atoms with Crippen molar-refractivity contribution >= 4 is 23.2 Å². The molecule has 0 aromatic heterocycles. The molecule has 0 saturated heterocycles. The Kier molecular flexibility index (Phi) is 8.22. The summed E-state index contributed by atoms with van der Waals surface area (Å²) in [6.07, 6.45) is 0. The van der Waals surface area contributed by atoms with Gasteiger partial charge in [-0.05, 0) is 81.9 Å². The fourth-order valence-corrected chi connectivity index (χ4v) is 6.36. The van der Waals surface area contributed by atoms with Gasteiger partial charge in [-0.3, -0.25) is 9.59 Å². The minimum Gasteiger partial charge on any atom is -0.484 e. The van der Waals surface area contributed by atoms with E-state index in [9.17, 15) is 9.59 Å². The number of carbonyl (C=O) groups excluding carboxylic acids is 2. The highest BCUT2D eigenvalue weighted by atomic mass is 16.5. The van der Waals surface area contributed by atoms with E-state index in [2.05, 4.69) is 83.4 Å². The first kappa shape index (κ1) is 29.6. The lowest BCUT2D eigenvalue weighted by molar-refractivity contribution is -0.118. The van der Waals surface area contributed by atoms with Gasteiger partial charge in [-0.2, -0.15) is 0 Å². The van der Waals surface area contributed by atoms with Crippen molar-refractivity contribution in [1.82, 2.24) is 0 Å². The van der Waals surface area contributed by atoms with E-state index in [-0.39, 0.29) is 25.0 Å². The Bertz CT molecular complexity index is 1860. The zero-order valence-corrected chi connectivity index (χ0v) is 25.6. The van der Waals surface area contributed by atoms with E-state index in [1.807, 2.05) is 84.9 Å². The molecule has 0 bridgehead atoms. The highest BCUT2D eigenvalue weighted by Crippen LogP contribution is 2.56. The molecule has 6 aromatic rings. The molecule has 0 aliphatic heterocycles. The van der Waals surface area contributed by atoms with Crippen LogP contribution in [0.4, 0.5) is 11.4 Å². The van der Waals surface area contributed by atoms with Crippen LogP contribution in [0.5, 0.6) is 11.5 Å². The van der Waals surface area contributed by atoms with Crippen LogP contribution in [-0.4, -0.2) is 25.0 Å². The summed E-state index contributed by atoms with van der Waals surface area (Å²) >= 11 is 0. The maximum Gasteiger partial charge on any atom is 0.262 e. The highest BCUT2D eigenvalue weighted by molar-refractivity contribution is 5.93. The fourth-order valence-electron chi connectivity index (χ4n) is 6.36. The smallest absolute Gasteiger partial charge is 0.262 e. The summed E-state index contributed by atoms with van der Waals surface area (Å²) in [6, 6.07) is 51.5. The first-order valence-electron chi connectivity index (χ1n) is 15.5. The molecule has 0 heterocycles. The van der Waals surface area contributed by atoms with Gasteiger partial charge in [0, 0.05) is 11.4 Å². The Balaban J connectivity index is 1.18. The first-order chi connectivity index (χ1) is 23.1. The predicted octanol–water partition coefficient (Wildman–Crippen LogP) is 8.08. The van der Waals surface area contributed by atoms with Gasteiger partial charge in [0.2, 0.25) is 0 Å². The van der Waals surface area contributed by atoms with Gasteiger partial charge >= 0.3 is 0 Å². The number of nitrogens with one attached hydrogen (secondary N) is 2. The molecule has 2 N–H and O–H groups in total. The zero-order chi connectivity index (χ0) is 32.1. The van der Waals surface area contributed by atoms with E-state index in [4.69, 9.17) is 9.47 Å². The average molecular weight is 617 g/mol. The maximum atomic E-state index is 12.7. The number of amides is 2. The standard InChI is InChI=1S/C41H32N2O4/c44-39(27-46-33-11-3-1-4-12-33)42-31-23-19-29(20-24-31)41(37-17-9-7-15-35(37)36-16-8-10-18-38(36)41)30-21-25-32(26-22-30)43-40(45)28-47-34-13-5-2-6-14-34/h1-26H,27-28H2,(H,42,44)(H,43,45). The van der Waals surface area contributed by atoms with Crippen molar-refractivity contribution < 1.29 is 19.1 Å². The highest BCUT2D eigenvalue weighted by Gasteiger charge is 2.45. The molecule has 0 unspecified atom stereocenters. The van der Waals surface area contributed by atoms with Crippen molar-refractivity contribution in [1.29, 1.82) is 0 Å². The number of hydrogen-bond donors (Lipinski definition) is 2. The normalized spacial score (nSPS) is 12.3. The van der Waals surface area contributed by atoms with Gasteiger partial charge in [-0.1, -0.05) is 109 Å². The van der Waals surface area contributed by atoms with Crippen molar-refractivity contribution in [3.05, 3.63) is 180 Å². The minimum atomic E-state index is -0.620. The van der Waals surface area contributed by atoms with Crippen molar-refractivity contribution in [3.8, 4) is 22.6 Å². The molecule has 6 aromatic carbocycles. The summed E-state index contributed by atoms with van der Waals surface area (Å²) in [5, 5.41) is 5.91. The van der Waals surface area contributed by atoms with Crippen LogP contribution in [0.15, 0.2) is 158 Å². The van der Waals surface area contributed by atoms with Crippen molar-refractivity contribution in [3.63, 3.8) is 0 Å². The summed E-state index contributed by atoms with van der Waals surface area (Å²) in [5.74, 6) is 0.813. The van der Waals surface area contributed by atoms with Crippen molar-refractivity contribution in [2.75, 3.05) is 23.8 Å². The molecule has 0 saturated carbocycles. The number of carbonyl (C=O) groups is 2. The van der Waals surface area contributed by atoms with Gasteiger partial charge in [0.15, 0.2) is 13.2 Å². The van der Waals surface area contributed by atoms with E-state index in [0.717, 1.165) is 11.1 Å². The largest absolute Gasteiger partial charge is 0.484 e. The first-order valence-corrected chi connectivity index (χ1v) is 15.5. The van der Waals surface area contributed by atoms with Crippen LogP contribution in [0.25, 0.3) is 11.1 Å². The lowest BCUT2D eigenvalue weighted by Crippen LogP contribution is -2.28. The Labute approximate surface area is 273 Å². The molecule has 2 amide bonds. The number of anilines is 2. The third-order valence-corrected chi connectivity index (χ3v) is 8.38. The van der Waals surface area contributed by atoms with Gasteiger partial charge in [0.05, 0.1) is 5.41 Å². The van der Waals surface area contributed by atoms with E-state index in [1.54, 1.807) is 0 Å². The fraction of sp³-hybridized carbons (Fsp3) is 0.0732. The van der Waals surface area contributed by atoms with Gasteiger partial charge in [0.25, 0.3) is 11.8 Å². The molecule has 0 atom stereocenters. The van der Waals surface area contributed by atoms with E-state index in [1.165, 1.54) is 22.3 Å². The molecular formula is C41H32N2O4. The molecule has 230 valence electrons. The molecule has 0 spiro atoms. The van der Waals surface area contributed by atoms with Crippen LogP contribution in [-0.2, 0) is 15.0 Å².